The minimum Gasteiger partial charge on any atom is -0.288 e. The largest absolute Gasteiger partial charge is 0.288 e. The van der Waals surface area contributed by atoms with Gasteiger partial charge in [-0.3, -0.25) is 4.90 Å². The van der Waals surface area contributed by atoms with Gasteiger partial charge in [0.2, 0.25) is 0 Å². The number of nitrogens with zero attached hydrogens (tertiary/aromatic N) is 1. The summed E-state index contributed by atoms with van der Waals surface area (Å²) < 4.78 is 0. The predicted molar refractivity (Wildman–Crippen MR) is 81.1 cm³/mol. The molecule has 19 heavy (non-hydrogen) atoms. The maximum Gasteiger partial charge on any atom is 0.0360 e. The van der Waals surface area contributed by atoms with Crippen LogP contribution in [0.1, 0.15) is 29.9 Å². The van der Waals surface area contributed by atoms with Gasteiger partial charge in [-0.05, 0) is 29.5 Å². The van der Waals surface area contributed by atoms with E-state index in [-0.39, 0.29) is 0 Å². The molecule has 0 aliphatic carbocycles. The molecule has 98 valence electrons. The Hall–Kier alpha value is -1.60. The molecule has 0 radical (unpaired) electrons. The Morgan fingerprint density at radius 2 is 2.05 bits per heavy atom. The predicted octanol–water partition coefficient (Wildman–Crippen LogP) is 4.05. The Morgan fingerprint density at radius 1 is 1.21 bits per heavy atom. The third kappa shape index (κ3) is 2.19. The van der Waals surface area contributed by atoms with Crippen LogP contribution in [0.2, 0.25) is 0 Å². The lowest BCUT2D eigenvalue weighted by atomic mass is 9.81. The minimum absolute atomic E-state index is 0.544. The first-order valence-electron chi connectivity index (χ1n) is 7.09. The zero-order chi connectivity index (χ0) is 13.2. The Kier molecular flexibility index (Phi) is 3.39. The van der Waals surface area contributed by atoms with Crippen LogP contribution in [0.4, 0.5) is 0 Å². The van der Waals surface area contributed by atoms with E-state index >= 15 is 0 Å². The van der Waals surface area contributed by atoms with E-state index in [2.05, 4.69) is 48.4 Å². The smallest absolute Gasteiger partial charge is 0.0360 e. The molecule has 2 aliphatic heterocycles. The van der Waals surface area contributed by atoms with E-state index in [0.717, 1.165) is 19.5 Å². The first kappa shape index (κ1) is 12.4. The number of fused-ring (bicyclic) bond motifs is 2. The third-order valence-electron chi connectivity index (χ3n) is 4.38. The van der Waals surface area contributed by atoms with Gasteiger partial charge in [0.05, 0.1) is 0 Å². The number of benzene rings is 1. The Bertz CT molecular complexity index is 526. The molecule has 2 atom stereocenters. The molecule has 0 spiro atoms. The van der Waals surface area contributed by atoms with Gasteiger partial charge in [0, 0.05) is 25.0 Å². The van der Waals surface area contributed by atoms with Crippen LogP contribution in [-0.4, -0.2) is 17.5 Å². The summed E-state index contributed by atoms with van der Waals surface area (Å²) in [6, 6.07) is 9.45. The van der Waals surface area contributed by atoms with Crippen molar-refractivity contribution in [2.24, 2.45) is 0 Å². The quantitative estimate of drug-likeness (QED) is 0.730. The summed E-state index contributed by atoms with van der Waals surface area (Å²) in [5, 5.41) is 0. The lowest BCUT2D eigenvalue weighted by Gasteiger charge is -2.38. The molecule has 0 aromatic heterocycles. The summed E-state index contributed by atoms with van der Waals surface area (Å²) in [7, 11) is 0. The molecule has 0 saturated heterocycles. The van der Waals surface area contributed by atoms with Crippen molar-refractivity contribution >= 4 is 0 Å². The van der Waals surface area contributed by atoms with Gasteiger partial charge in [0.15, 0.2) is 0 Å². The second-order valence-corrected chi connectivity index (χ2v) is 5.51. The molecule has 1 heteroatoms. The van der Waals surface area contributed by atoms with Crippen LogP contribution in [0.5, 0.6) is 0 Å². The molecule has 0 bridgehead atoms. The monoisotopic (exact) mass is 251 g/mol. The number of allylic oxidation sites excluding steroid dienone is 1. The van der Waals surface area contributed by atoms with Gasteiger partial charge >= 0.3 is 0 Å². The number of rotatable bonds is 4. The SMILES string of the molecule is C=CCC[C@H]1c2ccccc2CN2CC(C=C)=C[C@@H]12. The summed E-state index contributed by atoms with van der Waals surface area (Å²) in [4.78, 5) is 2.58. The molecular weight excluding hydrogens is 230 g/mol. The third-order valence-corrected chi connectivity index (χ3v) is 4.38. The van der Waals surface area contributed by atoms with Gasteiger partial charge in [-0.2, -0.15) is 0 Å². The van der Waals surface area contributed by atoms with Gasteiger partial charge < -0.3 is 0 Å². The van der Waals surface area contributed by atoms with Gasteiger partial charge in [-0.1, -0.05) is 49.1 Å². The summed E-state index contributed by atoms with van der Waals surface area (Å²) in [5.74, 6) is 0.598. The number of hydrogen-bond donors (Lipinski definition) is 0. The Labute approximate surface area is 115 Å². The Balaban J connectivity index is 1.96. The van der Waals surface area contributed by atoms with E-state index in [9.17, 15) is 0 Å². The van der Waals surface area contributed by atoms with Gasteiger partial charge in [0.25, 0.3) is 0 Å². The van der Waals surface area contributed by atoms with Crippen LogP contribution < -0.4 is 0 Å². The maximum absolute atomic E-state index is 3.93. The van der Waals surface area contributed by atoms with Crippen molar-refractivity contribution in [2.75, 3.05) is 6.54 Å². The van der Waals surface area contributed by atoms with Crippen molar-refractivity contribution in [3.63, 3.8) is 0 Å². The summed E-state index contributed by atoms with van der Waals surface area (Å²) in [6.07, 6.45) is 8.72. The molecule has 1 aromatic rings. The zero-order valence-corrected chi connectivity index (χ0v) is 11.4. The van der Waals surface area contributed by atoms with E-state index in [4.69, 9.17) is 0 Å². The minimum atomic E-state index is 0.544. The molecule has 2 aliphatic rings. The highest BCUT2D eigenvalue weighted by Crippen LogP contribution is 2.40. The molecule has 0 fully saturated rings. The summed E-state index contributed by atoms with van der Waals surface area (Å²) in [5.41, 5.74) is 4.40. The summed E-state index contributed by atoms with van der Waals surface area (Å²) >= 11 is 0. The second kappa shape index (κ2) is 5.18. The fourth-order valence-corrected chi connectivity index (χ4v) is 3.45. The van der Waals surface area contributed by atoms with Crippen molar-refractivity contribution in [3.8, 4) is 0 Å². The number of hydrogen-bond acceptors (Lipinski definition) is 1. The van der Waals surface area contributed by atoms with Crippen LogP contribution in [0.25, 0.3) is 0 Å². The van der Waals surface area contributed by atoms with Crippen LogP contribution in [0.3, 0.4) is 0 Å². The average Bonchev–Trinajstić information content (AvgIpc) is 2.86. The molecule has 1 nitrogen and oxygen atoms in total. The molecule has 0 unspecified atom stereocenters. The van der Waals surface area contributed by atoms with Gasteiger partial charge in [0.1, 0.15) is 0 Å². The normalized spacial score (nSPS) is 25.4. The van der Waals surface area contributed by atoms with E-state index in [1.807, 2.05) is 12.2 Å². The van der Waals surface area contributed by atoms with Crippen LogP contribution in [0, 0.1) is 0 Å². The van der Waals surface area contributed by atoms with E-state index in [1.165, 1.54) is 23.1 Å². The standard InChI is InChI=1S/C18H21N/c1-3-5-9-17-16-10-7-6-8-15(16)13-19-12-14(4-2)11-18(17)19/h3-4,6-8,10-11,17-18H,1-2,5,9,12-13H2/t17-,18-/m0/s1. The maximum atomic E-state index is 3.93. The first-order chi connectivity index (χ1) is 9.33. The average molecular weight is 251 g/mol. The fourth-order valence-electron chi connectivity index (χ4n) is 3.45. The van der Waals surface area contributed by atoms with Crippen molar-refractivity contribution in [3.05, 3.63) is 72.4 Å². The molecule has 3 rings (SSSR count). The van der Waals surface area contributed by atoms with Crippen molar-refractivity contribution in [1.29, 1.82) is 0 Å². The Morgan fingerprint density at radius 3 is 2.84 bits per heavy atom. The van der Waals surface area contributed by atoms with Crippen LogP contribution in [-0.2, 0) is 6.54 Å². The highest BCUT2D eigenvalue weighted by atomic mass is 15.2. The topological polar surface area (TPSA) is 3.24 Å². The van der Waals surface area contributed by atoms with E-state index in [0.29, 0.717) is 12.0 Å². The van der Waals surface area contributed by atoms with E-state index in [1.54, 1.807) is 0 Å². The van der Waals surface area contributed by atoms with Crippen LogP contribution >= 0.6 is 0 Å². The molecule has 1 aromatic carbocycles. The van der Waals surface area contributed by atoms with E-state index < -0.39 is 0 Å². The molecule has 0 amide bonds. The second-order valence-electron chi connectivity index (χ2n) is 5.51. The summed E-state index contributed by atoms with van der Waals surface area (Å²) in [6.45, 7) is 9.92. The lowest BCUT2D eigenvalue weighted by molar-refractivity contribution is 0.208. The van der Waals surface area contributed by atoms with Crippen molar-refractivity contribution in [2.45, 2.75) is 31.3 Å². The van der Waals surface area contributed by atoms with Gasteiger partial charge in [-0.25, -0.2) is 0 Å². The van der Waals surface area contributed by atoms with Gasteiger partial charge in [-0.15, -0.1) is 6.58 Å². The van der Waals surface area contributed by atoms with Crippen LogP contribution in [0.15, 0.2) is 61.2 Å². The molecular formula is C18H21N. The lowest BCUT2D eigenvalue weighted by Crippen LogP contribution is -2.39. The molecule has 0 N–H and O–H groups in total. The highest BCUT2D eigenvalue weighted by molar-refractivity contribution is 5.39. The van der Waals surface area contributed by atoms with Crippen molar-refractivity contribution < 1.29 is 0 Å². The first-order valence-corrected chi connectivity index (χ1v) is 7.09. The van der Waals surface area contributed by atoms with Crippen molar-refractivity contribution in [1.82, 2.24) is 4.90 Å². The molecule has 0 saturated carbocycles. The highest BCUT2D eigenvalue weighted by Gasteiger charge is 2.36. The zero-order valence-electron chi connectivity index (χ0n) is 11.4. The molecule has 2 heterocycles. The fraction of sp³-hybridized carbons (Fsp3) is 0.333.